The van der Waals surface area contributed by atoms with Gasteiger partial charge >= 0.3 is 0 Å². The van der Waals surface area contributed by atoms with Gasteiger partial charge in [0.2, 0.25) is 5.88 Å². The number of nitrogens with zero attached hydrogens (tertiary/aromatic N) is 1. The van der Waals surface area contributed by atoms with Crippen molar-refractivity contribution in [3.63, 3.8) is 0 Å². The fourth-order valence-corrected chi connectivity index (χ4v) is 3.57. The SMILES string of the molecule is COc1nscc1NS(=O)(=O)c1ccc(Cl)c(C(C)=O)c1. The normalized spacial score (nSPS) is 11.2. The minimum absolute atomic E-state index is 0.0645. The van der Waals surface area contributed by atoms with Gasteiger partial charge in [0.15, 0.2) is 5.78 Å². The Morgan fingerprint density at radius 2 is 2.14 bits per heavy atom. The molecule has 1 aromatic carbocycles. The average Bonchev–Trinajstić information content (AvgIpc) is 2.85. The third kappa shape index (κ3) is 3.34. The van der Waals surface area contributed by atoms with Crippen LogP contribution in [0.25, 0.3) is 0 Å². The summed E-state index contributed by atoms with van der Waals surface area (Å²) in [5.41, 5.74) is 0.386. The molecule has 0 aliphatic rings. The van der Waals surface area contributed by atoms with Crippen LogP contribution in [0.5, 0.6) is 5.88 Å². The molecule has 1 aromatic heterocycles. The second kappa shape index (κ2) is 6.00. The van der Waals surface area contributed by atoms with E-state index in [2.05, 4.69) is 9.10 Å². The number of sulfonamides is 1. The van der Waals surface area contributed by atoms with E-state index in [9.17, 15) is 13.2 Å². The van der Waals surface area contributed by atoms with Gasteiger partial charge in [0.25, 0.3) is 10.0 Å². The second-order valence-electron chi connectivity index (χ2n) is 4.04. The van der Waals surface area contributed by atoms with Crippen LogP contribution in [0.2, 0.25) is 5.02 Å². The van der Waals surface area contributed by atoms with E-state index >= 15 is 0 Å². The zero-order valence-corrected chi connectivity index (χ0v) is 13.5. The van der Waals surface area contributed by atoms with Gasteiger partial charge < -0.3 is 4.74 Å². The standard InChI is InChI=1S/C12H11ClN2O4S2/c1-7(16)9-5-8(3-4-10(9)13)21(17,18)15-11-6-20-14-12(11)19-2/h3-6,15H,1-2H3. The van der Waals surface area contributed by atoms with Crippen LogP contribution in [0.1, 0.15) is 17.3 Å². The fourth-order valence-electron chi connectivity index (χ4n) is 1.59. The van der Waals surface area contributed by atoms with E-state index in [-0.39, 0.29) is 32.8 Å². The molecule has 1 heterocycles. The summed E-state index contributed by atoms with van der Waals surface area (Å²) in [7, 11) is -2.47. The zero-order chi connectivity index (χ0) is 15.6. The number of rotatable bonds is 5. The predicted octanol–water partition coefficient (Wildman–Crippen LogP) is 2.81. The highest BCUT2D eigenvalue weighted by Crippen LogP contribution is 2.28. The molecule has 2 rings (SSSR count). The molecule has 0 atom stereocenters. The highest BCUT2D eigenvalue weighted by molar-refractivity contribution is 7.92. The number of benzene rings is 1. The van der Waals surface area contributed by atoms with Crippen molar-refractivity contribution in [1.82, 2.24) is 4.37 Å². The molecule has 6 nitrogen and oxygen atoms in total. The zero-order valence-electron chi connectivity index (χ0n) is 11.1. The van der Waals surface area contributed by atoms with Crippen molar-refractivity contribution >= 4 is 44.6 Å². The molecule has 0 bridgehead atoms. The second-order valence-corrected chi connectivity index (χ2v) is 6.76. The monoisotopic (exact) mass is 346 g/mol. The van der Waals surface area contributed by atoms with E-state index in [0.717, 1.165) is 11.5 Å². The lowest BCUT2D eigenvalue weighted by Gasteiger charge is -2.09. The molecular formula is C12H11ClN2O4S2. The third-order valence-electron chi connectivity index (χ3n) is 2.60. The number of aromatic nitrogens is 1. The van der Waals surface area contributed by atoms with Gasteiger partial charge in [0, 0.05) is 10.9 Å². The first-order valence-electron chi connectivity index (χ1n) is 5.67. The number of hydrogen-bond acceptors (Lipinski definition) is 6. The van der Waals surface area contributed by atoms with Crippen molar-refractivity contribution in [2.24, 2.45) is 0 Å². The maximum atomic E-state index is 12.3. The quantitative estimate of drug-likeness (QED) is 0.841. The molecule has 9 heteroatoms. The first-order chi connectivity index (χ1) is 9.85. The first-order valence-corrected chi connectivity index (χ1v) is 8.36. The molecule has 112 valence electrons. The number of hydrogen-bond donors (Lipinski definition) is 1. The Balaban J connectivity index is 2.40. The van der Waals surface area contributed by atoms with Gasteiger partial charge in [-0.2, -0.15) is 4.37 Å². The van der Waals surface area contributed by atoms with Crippen molar-refractivity contribution in [2.75, 3.05) is 11.8 Å². The Morgan fingerprint density at radius 1 is 1.43 bits per heavy atom. The van der Waals surface area contributed by atoms with Crippen LogP contribution in [-0.4, -0.2) is 25.7 Å². The van der Waals surface area contributed by atoms with Crippen LogP contribution in [0.3, 0.4) is 0 Å². The number of carbonyl (C=O) groups excluding carboxylic acids is 1. The maximum absolute atomic E-state index is 12.3. The summed E-state index contributed by atoms with van der Waals surface area (Å²) in [4.78, 5) is 11.4. The van der Waals surface area contributed by atoms with Crippen LogP contribution >= 0.6 is 23.1 Å². The predicted molar refractivity (Wildman–Crippen MR) is 80.9 cm³/mol. The summed E-state index contributed by atoms with van der Waals surface area (Å²) in [6.07, 6.45) is 0. The van der Waals surface area contributed by atoms with Gasteiger partial charge in [0.1, 0.15) is 5.69 Å². The summed E-state index contributed by atoms with van der Waals surface area (Å²) >= 11 is 6.93. The molecule has 0 saturated carbocycles. The summed E-state index contributed by atoms with van der Waals surface area (Å²) in [6, 6.07) is 3.93. The maximum Gasteiger partial charge on any atom is 0.262 e. The van der Waals surface area contributed by atoms with Gasteiger partial charge in [-0.25, -0.2) is 8.42 Å². The first kappa shape index (κ1) is 15.7. The molecule has 0 saturated heterocycles. The van der Waals surface area contributed by atoms with Gasteiger partial charge in [-0.15, -0.1) is 0 Å². The number of Topliss-reactive ketones (excluding diaryl/α,β-unsaturated/α-hetero) is 1. The van der Waals surface area contributed by atoms with E-state index in [1.807, 2.05) is 0 Å². The van der Waals surface area contributed by atoms with E-state index in [1.165, 1.54) is 37.6 Å². The Kier molecular flexibility index (Phi) is 4.50. The molecule has 0 unspecified atom stereocenters. The average molecular weight is 347 g/mol. The van der Waals surface area contributed by atoms with Gasteiger partial charge in [-0.1, -0.05) is 11.6 Å². The number of carbonyl (C=O) groups is 1. The molecule has 0 spiro atoms. The Morgan fingerprint density at radius 3 is 2.76 bits per heavy atom. The summed E-state index contributed by atoms with van der Waals surface area (Å²) < 4.78 is 35.8. The number of ether oxygens (including phenoxy) is 1. The molecular weight excluding hydrogens is 336 g/mol. The molecule has 2 aromatic rings. The molecule has 0 aliphatic carbocycles. The number of anilines is 1. The van der Waals surface area contributed by atoms with Crippen molar-refractivity contribution < 1.29 is 17.9 Å². The van der Waals surface area contributed by atoms with Crippen molar-refractivity contribution in [3.8, 4) is 5.88 Å². The van der Waals surface area contributed by atoms with E-state index in [1.54, 1.807) is 0 Å². The number of nitrogens with one attached hydrogen (secondary N) is 1. The summed E-state index contributed by atoms with van der Waals surface area (Å²) in [6.45, 7) is 1.32. The Hall–Kier alpha value is -1.64. The van der Waals surface area contributed by atoms with E-state index in [4.69, 9.17) is 16.3 Å². The highest BCUT2D eigenvalue weighted by atomic mass is 35.5. The van der Waals surface area contributed by atoms with Crippen LogP contribution in [0.4, 0.5) is 5.69 Å². The molecule has 0 amide bonds. The van der Waals surface area contributed by atoms with Crippen LogP contribution in [0, 0.1) is 0 Å². The Bertz CT molecular complexity index is 786. The van der Waals surface area contributed by atoms with Crippen LogP contribution < -0.4 is 9.46 Å². The molecule has 0 fully saturated rings. The highest BCUT2D eigenvalue weighted by Gasteiger charge is 2.20. The summed E-state index contributed by atoms with van der Waals surface area (Å²) in [5, 5.41) is 1.72. The van der Waals surface area contributed by atoms with Gasteiger partial charge in [-0.05, 0) is 36.7 Å². The number of halogens is 1. The number of ketones is 1. The fraction of sp³-hybridized carbons (Fsp3) is 0.167. The molecule has 0 radical (unpaired) electrons. The molecule has 1 N–H and O–H groups in total. The van der Waals surface area contributed by atoms with Gasteiger partial charge in [-0.3, -0.25) is 9.52 Å². The summed E-state index contributed by atoms with van der Waals surface area (Å²) in [5.74, 6) is -0.129. The lowest BCUT2D eigenvalue weighted by Crippen LogP contribution is -2.14. The van der Waals surface area contributed by atoms with Gasteiger partial charge in [0.05, 0.1) is 17.0 Å². The van der Waals surface area contributed by atoms with Crippen molar-refractivity contribution in [2.45, 2.75) is 11.8 Å². The minimum Gasteiger partial charge on any atom is -0.479 e. The lowest BCUT2D eigenvalue weighted by atomic mass is 10.1. The topological polar surface area (TPSA) is 85.4 Å². The molecule has 21 heavy (non-hydrogen) atoms. The van der Waals surface area contributed by atoms with Crippen molar-refractivity contribution in [1.29, 1.82) is 0 Å². The van der Waals surface area contributed by atoms with Crippen LogP contribution in [0.15, 0.2) is 28.5 Å². The minimum atomic E-state index is -3.86. The van der Waals surface area contributed by atoms with E-state index < -0.39 is 10.0 Å². The largest absolute Gasteiger partial charge is 0.479 e. The smallest absolute Gasteiger partial charge is 0.262 e. The number of methoxy groups -OCH3 is 1. The lowest BCUT2D eigenvalue weighted by molar-refractivity contribution is 0.101. The van der Waals surface area contributed by atoms with E-state index in [0.29, 0.717) is 0 Å². The molecule has 0 aliphatic heterocycles. The van der Waals surface area contributed by atoms with Crippen LogP contribution in [-0.2, 0) is 10.0 Å². The third-order valence-corrected chi connectivity index (χ3v) is 4.91. The Labute approximate surface area is 130 Å². The van der Waals surface area contributed by atoms with Crippen molar-refractivity contribution in [3.05, 3.63) is 34.2 Å².